The van der Waals surface area contributed by atoms with Crippen molar-refractivity contribution in [3.05, 3.63) is 33.8 Å². The van der Waals surface area contributed by atoms with Crippen LogP contribution in [0.3, 0.4) is 0 Å². The molecule has 2 amide bonds. The summed E-state index contributed by atoms with van der Waals surface area (Å²) in [6.45, 7) is 7.18. The van der Waals surface area contributed by atoms with Gasteiger partial charge in [0.05, 0.1) is 6.04 Å². The molecule has 0 spiro atoms. The van der Waals surface area contributed by atoms with Crippen LogP contribution in [0.1, 0.15) is 61.8 Å². The summed E-state index contributed by atoms with van der Waals surface area (Å²) >= 11 is 6.34. The molecule has 0 radical (unpaired) electrons. The zero-order valence-corrected chi connectivity index (χ0v) is 14.8. The Morgan fingerprint density at radius 3 is 2.61 bits per heavy atom. The SMILES string of the molecule is CCC(NC(C)=O)c1cc(Cl)c(C)cc1C1CCN(C=O)CC1. The van der Waals surface area contributed by atoms with Gasteiger partial charge in [0.1, 0.15) is 0 Å². The Balaban J connectivity index is 2.35. The Hall–Kier alpha value is -1.55. The monoisotopic (exact) mass is 336 g/mol. The number of hydrogen-bond acceptors (Lipinski definition) is 2. The summed E-state index contributed by atoms with van der Waals surface area (Å²) in [5, 5.41) is 3.76. The summed E-state index contributed by atoms with van der Waals surface area (Å²) in [6, 6.07) is 4.14. The van der Waals surface area contributed by atoms with Crippen molar-refractivity contribution in [1.29, 1.82) is 0 Å². The highest BCUT2D eigenvalue weighted by molar-refractivity contribution is 6.31. The predicted octanol–water partition coefficient (Wildman–Crippen LogP) is 3.57. The van der Waals surface area contributed by atoms with Crippen molar-refractivity contribution < 1.29 is 9.59 Å². The van der Waals surface area contributed by atoms with Gasteiger partial charge >= 0.3 is 0 Å². The van der Waals surface area contributed by atoms with Crippen molar-refractivity contribution in [3.8, 4) is 0 Å². The number of halogens is 1. The maximum Gasteiger partial charge on any atom is 0.217 e. The summed E-state index contributed by atoms with van der Waals surface area (Å²) in [5.74, 6) is 0.371. The lowest BCUT2D eigenvalue weighted by molar-refractivity contribution is -0.120. The fourth-order valence-electron chi connectivity index (χ4n) is 3.34. The molecule has 1 saturated heterocycles. The van der Waals surface area contributed by atoms with Crippen molar-refractivity contribution >= 4 is 23.9 Å². The van der Waals surface area contributed by atoms with Crippen LogP contribution in [0.25, 0.3) is 0 Å². The van der Waals surface area contributed by atoms with Crippen LogP contribution in [0.4, 0.5) is 0 Å². The highest BCUT2D eigenvalue weighted by atomic mass is 35.5. The van der Waals surface area contributed by atoms with Crippen molar-refractivity contribution in [2.45, 2.75) is 52.0 Å². The number of likely N-dealkylation sites (tertiary alicyclic amines) is 1. The Labute approximate surface area is 143 Å². The number of piperidine rings is 1. The molecule has 1 heterocycles. The Morgan fingerprint density at radius 2 is 2.09 bits per heavy atom. The average molecular weight is 337 g/mol. The topological polar surface area (TPSA) is 49.4 Å². The van der Waals surface area contributed by atoms with E-state index in [1.165, 1.54) is 5.56 Å². The number of carbonyl (C=O) groups is 2. The number of hydrogen-bond donors (Lipinski definition) is 1. The number of amides is 2. The first-order valence-corrected chi connectivity index (χ1v) is 8.60. The predicted molar refractivity (Wildman–Crippen MR) is 92.6 cm³/mol. The fourth-order valence-corrected chi connectivity index (χ4v) is 3.51. The minimum absolute atomic E-state index is 0.0234. The molecule has 0 bridgehead atoms. The van der Waals surface area contributed by atoms with E-state index in [0.29, 0.717) is 5.92 Å². The maximum atomic E-state index is 11.5. The van der Waals surface area contributed by atoms with E-state index in [9.17, 15) is 9.59 Å². The molecule has 23 heavy (non-hydrogen) atoms. The van der Waals surface area contributed by atoms with Crippen LogP contribution in [0, 0.1) is 6.92 Å². The molecule has 1 fully saturated rings. The molecule has 1 aliphatic heterocycles. The molecule has 1 atom stereocenters. The van der Waals surface area contributed by atoms with Gasteiger partial charge in [0.25, 0.3) is 0 Å². The van der Waals surface area contributed by atoms with E-state index in [0.717, 1.165) is 54.9 Å². The summed E-state index contributed by atoms with van der Waals surface area (Å²) in [5.41, 5.74) is 3.43. The number of benzene rings is 1. The van der Waals surface area contributed by atoms with Crippen LogP contribution in [0.2, 0.25) is 5.02 Å². The standard InChI is InChI=1S/C18H25ClN2O2/c1-4-18(20-13(3)23)16-10-17(19)12(2)9-15(16)14-5-7-21(11-22)8-6-14/h9-11,14,18H,4-8H2,1-3H3,(H,20,23). The van der Waals surface area contributed by atoms with Crippen molar-refractivity contribution in [2.24, 2.45) is 0 Å². The Morgan fingerprint density at radius 1 is 1.43 bits per heavy atom. The number of nitrogens with zero attached hydrogens (tertiary/aromatic N) is 1. The summed E-state index contributed by atoms with van der Waals surface area (Å²) in [4.78, 5) is 24.2. The van der Waals surface area contributed by atoms with Gasteiger partial charge in [-0.1, -0.05) is 24.6 Å². The Bertz CT molecular complexity index is 581. The first-order valence-electron chi connectivity index (χ1n) is 8.22. The van der Waals surface area contributed by atoms with Gasteiger partial charge < -0.3 is 10.2 Å². The van der Waals surface area contributed by atoms with E-state index in [4.69, 9.17) is 11.6 Å². The smallest absolute Gasteiger partial charge is 0.217 e. The summed E-state index contributed by atoms with van der Waals surface area (Å²) < 4.78 is 0. The fraction of sp³-hybridized carbons (Fsp3) is 0.556. The molecule has 1 aliphatic rings. The van der Waals surface area contributed by atoms with Crippen LogP contribution in [0.15, 0.2) is 12.1 Å². The minimum atomic E-state index is -0.0322. The van der Waals surface area contributed by atoms with Crippen molar-refractivity contribution in [1.82, 2.24) is 10.2 Å². The molecule has 1 aromatic rings. The third kappa shape index (κ3) is 4.25. The second-order valence-electron chi connectivity index (χ2n) is 6.31. The molecular formula is C18H25ClN2O2. The summed E-state index contributed by atoms with van der Waals surface area (Å²) in [6.07, 6.45) is 3.64. The van der Waals surface area contributed by atoms with Gasteiger partial charge in [0, 0.05) is 25.0 Å². The maximum absolute atomic E-state index is 11.5. The first kappa shape index (κ1) is 17.8. The normalized spacial score (nSPS) is 17.0. The van der Waals surface area contributed by atoms with E-state index in [1.54, 1.807) is 6.92 Å². The van der Waals surface area contributed by atoms with Gasteiger partial charge in [0.15, 0.2) is 0 Å². The molecule has 0 aliphatic carbocycles. The van der Waals surface area contributed by atoms with E-state index >= 15 is 0 Å². The molecule has 1 N–H and O–H groups in total. The molecule has 1 unspecified atom stereocenters. The third-order valence-electron chi connectivity index (χ3n) is 4.64. The van der Waals surface area contributed by atoms with Gasteiger partial charge in [-0.3, -0.25) is 9.59 Å². The molecular weight excluding hydrogens is 312 g/mol. The summed E-state index contributed by atoms with van der Waals surface area (Å²) in [7, 11) is 0. The van der Waals surface area contributed by atoms with Gasteiger partial charge in [0.2, 0.25) is 12.3 Å². The molecule has 5 heteroatoms. The average Bonchev–Trinajstić information content (AvgIpc) is 2.55. The minimum Gasteiger partial charge on any atom is -0.350 e. The zero-order valence-electron chi connectivity index (χ0n) is 14.1. The second-order valence-corrected chi connectivity index (χ2v) is 6.71. The van der Waals surface area contributed by atoms with Crippen LogP contribution in [-0.2, 0) is 9.59 Å². The molecule has 0 aromatic heterocycles. The molecule has 1 aromatic carbocycles. The number of rotatable bonds is 5. The van der Waals surface area contributed by atoms with E-state index in [1.807, 2.05) is 17.9 Å². The highest BCUT2D eigenvalue weighted by Crippen LogP contribution is 2.36. The zero-order chi connectivity index (χ0) is 17.0. The number of nitrogens with one attached hydrogen (secondary N) is 1. The lowest BCUT2D eigenvalue weighted by Gasteiger charge is -2.32. The van der Waals surface area contributed by atoms with Gasteiger partial charge in [-0.2, -0.15) is 0 Å². The van der Waals surface area contributed by atoms with Crippen molar-refractivity contribution in [2.75, 3.05) is 13.1 Å². The van der Waals surface area contributed by atoms with E-state index < -0.39 is 0 Å². The van der Waals surface area contributed by atoms with E-state index in [-0.39, 0.29) is 11.9 Å². The largest absolute Gasteiger partial charge is 0.350 e. The van der Waals surface area contributed by atoms with Gasteiger partial charge in [-0.25, -0.2) is 0 Å². The third-order valence-corrected chi connectivity index (χ3v) is 5.05. The molecule has 0 saturated carbocycles. The van der Waals surface area contributed by atoms with Gasteiger partial charge in [-0.05, 0) is 54.9 Å². The quantitative estimate of drug-likeness (QED) is 0.836. The Kier molecular flexibility index (Phi) is 6.05. The van der Waals surface area contributed by atoms with Crippen LogP contribution >= 0.6 is 11.6 Å². The van der Waals surface area contributed by atoms with Crippen LogP contribution in [-0.4, -0.2) is 30.3 Å². The van der Waals surface area contributed by atoms with Crippen LogP contribution < -0.4 is 5.32 Å². The van der Waals surface area contributed by atoms with Crippen LogP contribution in [0.5, 0.6) is 0 Å². The lowest BCUT2D eigenvalue weighted by atomic mass is 9.83. The first-order chi connectivity index (χ1) is 11.0. The molecule has 4 nitrogen and oxygen atoms in total. The number of carbonyl (C=O) groups excluding carboxylic acids is 2. The van der Waals surface area contributed by atoms with E-state index in [2.05, 4.69) is 18.3 Å². The van der Waals surface area contributed by atoms with Crippen molar-refractivity contribution in [3.63, 3.8) is 0 Å². The molecule has 126 valence electrons. The number of aryl methyl sites for hydroxylation is 1. The lowest BCUT2D eigenvalue weighted by Crippen LogP contribution is -2.33. The molecule has 2 rings (SSSR count). The van der Waals surface area contributed by atoms with Gasteiger partial charge in [-0.15, -0.1) is 0 Å². The highest BCUT2D eigenvalue weighted by Gasteiger charge is 2.25. The second kappa shape index (κ2) is 7.82.